The van der Waals surface area contributed by atoms with Crippen molar-refractivity contribution in [2.75, 3.05) is 0 Å². The third-order valence-electron chi connectivity index (χ3n) is 3.15. The van der Waals surface area contributed by atoms with Crippen LogP contribution in [0.2, 0.25) is 5.02 Å². The molecule has 1 fully saturated rings. The van der Waals surface area contributed by atoms with Crippen LogP contribution in [0.4, 0.5) is 0 Å². The van der Waals surface area contributed by atoms with E-state index in [-0.39, 0.29) is 5.92 Å². The predicted octanol–water partition coefficient (Wildman–Crippen LogP) is 3.91. The molecule has 1 N–H and O–H groups in total. The summed E-state index contributed by atoms with van der Waals surface area (Å²) in [4.78, 5) is 0. The summed E-state index contributed by atoms with van der Waals surface area (Å²) in [5.41, 5.74) is 0.750. The molecule has 1 aliphatic rings. The SMILES string of the molecule is OC(Cl)(c1ccc(Cl)cc1)C1CCCC1. The van der Waals surface area contributed by atoms with E-state index in [0.29, 0.717) is 5.02 Å². The van der Waals surface area contributed by atoms with Gasteiger partial charge < -0.3 is 5.11 Å². The van der Waals surface area contributed by atoms with Crippen molar-refractivity contribution in [3.63, 3.8) is 0 Å². The van der Waals surface area contributed by atoms with E-state index in [2.05, 4.69) is 0 Å². The van der Waals surface area contributed by atoms with Gasteiger partial charge in [-0.25, -0.2) is 0 Å². The highest BCUT2D eigenvalue weighted by Crippen LogP contribution is 2.43. The Bertz CT molecular complexity index is 326. The second-order valence-electron chi connectivity index (χ2n) is 4.16. The molecule has 1 nitrogen and oxygen atoms in total. The summed E-state index contributed by atoms with van der Waals surface area (Å²) in [6.45, 7) is 0. The Morgan fingerprint density at radius 1 is 1.13 bits per heavy atom. The number of rotatable bonds is 2. The molecular formula is C12H14Cl2O. The molecular weight excluding hydrogens is 231 g/mol. The molecule has 1 aromatic rings. The normalized spacial score (nSPS) is 21.5. The Balaban J connectivity index is 2.23. The van der Waals surface area contributed by atoms with Gasteiger partial charge >= 0.3 is 0 Å². The third-order valence-corrected chi connectivity index (χ3v) is 3.92. The van der Waals surface area contributed by atoms with Crippen LogP contribution in [0.3, 0.4) is 0 Å². The molecule has 15 heavy (non-hydrogen) atoms. The van der Waals surface area contributed by atoms with Crippen molar-refractivity contribution in [3.05, 3.63) is 34.9 Å². The van der Waals surface area contributed by atoms with E-state index < -0.39 is 5.06 Å². The van der Waals surface area contributed by atoms with Crippen molar-refractivity contribution in [1.82, 2.24) is 0 Å². The molecule has 0 spiro atoms. The molecule has 0 aromatic heterocycles. The summed E-state index contributed by atoms with van der Waals surface area (Å²) in [5, 5.41) is 9.74. The average Bonchev–Trinajstić information content (AvgIpc) is 2.71. The topological polar surface area (TPSA) is 20.2 Å². The summed E-state index contributed by atoms with van der Waals surface area (Å²) in [6.07, 6.45) is 4.33. The standard InChI is InChI=1S/C12H14Cl2O/c13-11-7-5-10(6-8-11)12(14,15)9-3-1-2-4-9/h5-9,15H,1-4H2. The lowest BCUT2D eigenvalue weighted by Gasteiger charge is -2.27. The summed E-state index contributed by atoms with van der Waals surface area (Å²) in [7, 11) is 0. The molecule has 3 heteroatoms. The highest BCUT2D eigenvalue weighted by molar-refractivity contribution is 6.30. The first kappa shape index (κ1) is 11.3. The van der Waals surface area contributed by atoms with Gasteiger partial charge in [-0.05, 0) is 30.5 Å². The Morgan fingerprint density at radius 2 is 1.67 bits per heavy atom. The van der Waals surface area contributed by atoms with Crippen molar-refractivity contribution >= 4 is 23.2 Å². The van der Waals surface area contributed by atoms with Gasteiger partial charge in [0, 0.05) is 10.9 Å². The lowest BCUT2D eigenvalue weighted by Crippen LogP contribution is -2.27. The Kier molecular flexibility index (Phi) is 3.24. The van der Waals surface area contributed by atoms with E-state index in [1.165, 1.54) is 0 Å². The highest BCUT2D eigenvalue weighted by Gasteiger charge is 2.37. The monoisotopic (exact) mass is 244 g/mol. The lowest BCUT2D eigenvalue weighted by atomic mass is 9.94. The first-order valence-corrected chi connectivity index (χ1v) is 6.03. The van der Waals surface area contributed by atoms with Gasteiger partial charge in [0.15, 0.2) is 5.06 Å². The quantitative estimate of drug-likeness (QED) is 0.783. The van der Waals surface area contributed by atoms with Crippen LogP contribution in [0.15, 0.2) is 24.3 Å². The summed E-state index contributed by atoms with van der Waals surface area (Å²) in [6, 6.07) is 7.12. The molecule has 1 atom stereocenters. The Morgan fingerprint density at radius 3 is 2.20 bits per heavy atom. The second kappa shape index (κ2) is 4.32. The van der Waals surface area contributed by atoms with Crippen LogP contribution in [-0.4, -0.2) is 5.11 Å². The molecule has 0 aliphatic heterocycles. The molecule has 82 valence electrons. The van der Waals surface area contributed by atoms with Crippen molar-refractivity contribution < 1.29 is 5.11 Å². The van der Waals surface area contributed by atoms with E-state index >= 15 is 0 Å². The molecule has 0 heterocycles. The number of benzene rings is 1. The fraction of sp³-hybridized carbons (Fsp3) is 0.500. The molecule has 1 saturated carbocycles. The van der Waals surface area contributed by atoms with Crippen molar-refractivity contribution in [1.29, 1.82) is 0 Å². The number of halogens is 2. The molecule has 1 aromatic carbocycles. The van der Waals surface area contributed by atoms with Crippen molar-refractivity contribution in [2.45, 2.75) is 30.7 Å². The van der Waals surface area contributed by atoms with Gasteiger partial charge in [0.05, 0.1) is 0 Å². The minimum absolute atomic E-state index is 0.167. The molecule has 1 aliphatic carbocycles. The first-order chi connectivity index (χ1) is 7.10. The molecule has 0 saturated heterocycles. The predicted molar refractivity (Wildman–Crippen MR) is 63.2 cm³/mol. The van der Waals surface area contributed by atoms with Gasteiger partial charge in [-0.3, -0.25) is 0 Å². The van der Waals surface area contributed by atoms with Gasteiger partial charge in [-0.1, -0.05) is 48.2 Å². The molecule has 0 bridgehead atoms. The number of alkyl halides is 1. The maximum atomic E-state index is 10.3. The highest BCUT2D eigenvalue weighted by atomic mass is 35.5. The molecule has 1 unspecified atom stereocenters. The Hall–Kier alpha value is -0.240. The molecule has 0 radical (unpaired) electrons. The number of aliphatic hydroxyl groups is 1. The Labute approximate surface area is 100 Å². The second-order valence-corrected chi connectivity index (χ2v) is 5.17. The van der Waals surface area contributed by atoms with E-state index in [0.717, 1.165) is 31.2 Å². The van der Waals surface area contributed by atoms with Crippen molar-refractivity contribution in [3.8, 4) is 0 Å². The van der Waals surface area contributed by atoms with E-state index in [1.807, 2.05) is 0 Å². The summed E-state index contributed by atoms with van der Waals surface area (Å²) < 4.78 is 0. The smallest absolute Gasteiger partial charge is 0.167 e. The van der Waals surface area contributed by atoms with Gasteiger partial charge in [-0.15, -0.1) is 0 Å². The zero-order valence-corrected chi connectivity index (χ0v) is 9.93. The van der Waals surface area contributed by atoms with Gasteiger partial charge in [-0.2, -0.15) is 0 Å². The summed E-state index contributed by atoms with van der Waals surface area (Å²) >= 11 is 12.0. The average molecular weight is 245 g/mol. The number of hydrogen-bond acceptors (Lipinski definition) is 1. The summed E-state index contributed by atoms with van der Waals surface area (Å²) in [5.74, 6) is 0.167. The van der Waals surface area contributed by atoms with Gasteiger partial charge in [0.2, 0.25) is 0 Å². The van der Waals surface area contributed by atoms with Gasteiger partial charge in [0.25, 0.3) is 0 Å². The van der Waals surface area contributed by atoms with Crippen molar-refractivity contribution in [2.24, 2.45) is 5.92 Å². The third kappa shape index (κ3) is 2.30. The van der Waals surface area contributed by atoms with E-state index in [4.69, 9.17) is 23.2 Å². The zero-order valence-electron chi connectivity index (χ0n) is 8.42. The zero-order chi connectivity index (χ0) is 10.9. The maximum absolute atomic E-state index is 10.3. The van der Waals surface area contributed by atoms with Gasteiger partial charge in [0.1, 0.15) is 0 Å². The van der Waals surface area contributed by atoms with Crippen LogP contribution >= 0.6 is 23.2 Å². The van der Waals surface area contributed by atoms with Crippen LogP contribution < -0.4 is 0 Å². The van der Waals surface area contributed by atoms with Crippen LogP contribution in [0.25, 0.3) is 0 Å². The first-order valence-electron chi connectivity index (χ1n) is 5.28. The minimum Gasteiger partial charge on any atom is -0.371 e. The van der Waals surface area contributed by atoms with E-state index in [1.54, 1.807) is 24.3 Å². The molecule has 0 amide bonds. The number of hydrogen-bond donors (Lipinski definition) is 1. The fourth-order valence-electron chi connectivity index (χ4n) is 2.23. The van der Waals surface area contributed by atoms with Crippen LogP contribution in [0.5, 0.6) is 0 Å². The van der Waals surface area contributed by atoms with E-state index in [9.17, 15) is 5.11 Å². The van der Waals surface area contributed by atoms with Crippen LogP contribution in [0, 0.1) is 5.92 Å². The minimum atomic E-state index is -1.22. The van der Waals surface area contributed by atoms with Crippen LogP contribution in [0.1, 0.15) is 31.2 Å². The fourth-order valence-corrected chi connectivity index (χ4v) is 2.70. The van der Waals surface area contributed by atoms with Crippen LogP contribution in [-0.2, 0) is 5.06 Å². The largest absolute Gasteiger partial charge is 0.371 e. The lowest BCUT2D eigenvalue weighted by molar-refractivity contribution is 0.0636. The maximum Gasteiger partial charge on any atom is 0.167 e. The molecule has 2 rings (SSSR count).